The number of benzene rings is 1. The van der Waals surface area contributed by atoms with E-state index in [-0.39, 0.29) is 11.9 Å². The van der Waals surface area contributed by atoms with Crippen molar-refractivity contribution in [1.29, 1.82) is 0 Å². The van der Waals surface area contributed by atoms with Crippen molar-refractivity contribution in [2.24, 2.45) is 0 Å². The van der Waals surface area contributed by atoms with Gasteiger partial charge in [0.1, 0.15) is 11.9 Å². The van der Waals surface area contributed by atoms with Gasteiger partial charge in [-0.2, -0.15) is 0 Å². The summed E-state index contributed by atoms with van der Waals surface area (Å²) in [4.78, 5) is 14.4. The van der Waals surface area contributed by atoms with Crippen molar-refractivity contribution in [2.45, 2.75) is 25.4 Å². The van der Waals surface area contributed by atoms with E-state index in [2.05, 4.69) is 10.2 Å². The molecule has 2 heterocycles. The molecule has 1 amide bonds. The number of hydrogen-bond donors (Lipinski definition) is 0. The van der Waals surface area contributed by atoms with E-state index in [4.69, 9.17) is 4.74 Å². The molecule has 6 heteroatoms. The third-order valence-electron chi connectivity index (χ3n) is 3.99. The van der Waals surface area contributed by atoms with Gasteiger partial charge >= 0.3 is 0 Å². The van der Waals surface area contributed by atoms with Gasteiger partial charge in [0.2, 0.25) is 5.91 Å². The minimum Gasteiger partial charge on any atom is -0.384 e. The first-order valence-electron chi connectivity index (χ1n) is 7.41. The first-order valence-corrected chi connectivity index (χ1v) is 7.41. The third kappa shape index (κ3) is 2.74. The highest BCUT2D eigenvalue weighted by atomic mass is 16.5. The molecule has 0 saturated carbocycles. The minimum atomic E-state index is -0.280. The lowest BCUT2D eigenvalue weighted by atomic mass is 10.0. The first kappa shape index (κ1) is 14.7. The van der Waals surface area contributed by atoms with Crippen LogP contribution in [-0.4, -0.2) is 46.3 Å². The fourth-order valence-corrected chi connectivity index (χ4v) is 2.86. The number of methoxy groups -OCH3 is 1. The molecular weight excluding hydrogens is 280 g/mol. The molecular formula is C16H20N4O2. The van der Waals surface area contributed by atoms with Gasteiger partial charge in [0, 0.05) is 27.0 Å². The Labute approximate surface area is 129 Å². The van der Waals surface area contributed by atoms with Crippen molar-refractivity contribution in [3.8, 4) is 0 Å². The molecule has 1 aliphatic rings. The average molecular weight is 300 g/mol. The largest absolute Gasteiger partial charge is 0.384 e. The van der Waals surface area contributed by atoms with E-state index >= 15 is 0 Å². The molecule has 0 N–H and O–H groups in total. The van der Waals surface area contributed by atoms with Crippen LogP contribution in [0.2, 0.25) is 0 Å². The molecule has 0 saturated heterocycles. The van der Waals surface area contributed by atoms with Crippen LogP contribution < -0.4 is 0 Å². The zero-order valence-corrected chi connectivity index (χ0v) is 12.9. The highest BCUT2D eigenvalue weighted by Gasteiger charge is 2.34. The molecule has 0 unspecified atom stereocenters. The van der Waals surface area contributed by atoms with Crippen LogP contribution in [0.15, 0.2) is 30.3 Å². The summed E-state index contributed by atoms with van der Waals surface area (Å²) in [7, 11) is 3.47. The predicted molar refractivity (Wildman–Crippen MR) is 81.3 cm³/mol. The molecule has 3 rings (SSSR count). The first-order chi connectivity index (χ1) is 10.7. The van der Waals surface area contributed by atoms with Crippen molar-refractivity contribution in [3.63, 3.8) is 0 Å². The molecule has 116 valence electrons. The van der Waals surface area contributed by atoms with Crippen LogP contribution in [0.25, 0.3) is 0 Å². The lowest BCUT2D eigenvalue weighted by Crippen LogP contribution is -2.42. The fraction of sp³-hybridized carbons (Fsp3) is 0.438. The number of amides is 1. The third-order valence-corrected chi connectivity index (χ3v) is 3.99. The zero-order valence-electron chi connectivity index (χ0n) is 12.9. The number of nitrogens with zero attached hydrogens (tertiary/aromatic N) is 4. The Morgan fingerprint density at radius 3 is 2.77 bits per heavy atom. The summed E-state index contributed by atoms with van der Waals surface area (Å²) in [5.41, 5.74) is 1.13. The van der Waals surface area contributed by atoms with E-state index in [0.717, 1.165) is 17.2 Å². The van der Waals surface area contributed by atoms with Gasteiger partial charge in [-0.15, -0.1) is 10.2 Å². The van der Waals surface area contributed by atoms with E-state index in [1.807, 2.05) is 41.9 Å². The lowest BCUT2D eigenvalue weighted by Gasteiger charge is -2.31. The monoisotopic (exact) mass is 300 g/mol. The van der Waals surface area contributed by atoms with Gasteiger partial charge in [-0.05, 0) is 5.56 Å². The van der Waals surface area contributed by atoms with Gasteiger partial charge in [-0.3, -0.25) is 4.79 Å². The second kappa shape index (κ2) is 6.27. The Balaban J connectivity index is 1.94. The van der Waals surface area contributed by atoms with E-state index in [9.17, 15) is 4.79 Å². The van der Waals surface area contributed by atoms with Crippen LogP contribution in [0, 0.1) is 0 Å². The fourth-order valence-electron chi connectivity index (χ4n) is 2.86. The summed E-state index contributed by atoms with van der Waals surface area (Å²) in [6.45, 7) is 1.07. The Hall–Kier alpha value is -2.21. The Kier molecular flexibility index (Phi) is 4.20. The second-order valence-electron chi connectivity index (χ2n) is 5.55. The number of ether oxygens (including phenoxy) is 1. The summed E-state index contributed by atoms with van der Waals surface area (Å²) in [6.07, 6.45) is 1.31. The second-order valence-corrected chi connectivity index (χ2v) is 5.55. The van der Waals surface area contributed by atoms with Gasteiger partial charge in [0.15, 0.2) is 5.82 Å². The van der Waals surface area contributed by atoms with E-state index in [0.29, 0.717) is 26.0 Å². The maximum atomic E-state index is 12.6. The molecule has 1 aliphatic heterocycles. The molecule has 0 fully saturated rings. The van der Waals surface area contributed by atoms with Crippen molar-refractivity contribution < 1.29 is 9.53 Å². The zero-order chi connectivity index (χ0) is 15.5. The van der Waals surface area contributed by atoms with Crippen LogP contribution in [0.5, 0.6) is 0 Å². The van der Waals surface area contributed by atoms with Crippen LogP contribution in [0.3, 0.4) is 0 Å². The van der Waals surface area contributed by atoms with E-state index < -0.39 is 0 Å². The number of hydrogen-bond acceptors (Lipinski definition) is 4. The summed E-state index contributed by atoms with van der Waals surface area (Å²) in [6, 6.07) is 9.77. The molecule has 1 aromatic heterocycles. The standard InChI is InChI=1S/C16H20N4O2/c1-19-11-15-18-17-14(8-9-22-2)20(15)13(16(19)21)10-12-6-4-3-5-7-12/h3-7,13H,8-11H2,1-2H3/t13-/m0/s1. The van der Waals surface area contributed by atoms with Crippen LogP contribution in [-0.2, 0) is 28.9 Å². The maximum Gasteiger partial charge on any atom is 0.246 e. The molecule has 0 aliphatic carbocycles. The van der Waals surface area contributed by atoms with Gasteiger partial charge in [-0.1, -0.05) is 30.3 Å². The molecule has 2 aromatic rings. The molecule has 6 nitrogen and oxygen atoms in total. The maximum absolute atomic E-state index is 12.6. The number of likely N-dealkylation sites (N-methyl/N-ethyl adjacent to an activating group) is 1. The molecule has 22 heavy (non-hydrogen) atoms. The number of carbonyl (C=O) groups excluding carboxylic acids is 1. The normalized spacial score (nSPS) is 17.6. The van der Waals surface area contributed by atoms with Gasteiger partial charge in [0.25, 0.3) is 0 Å². The highest BCUT2D eigenvalue weighted by molar-refractivity contribution is 5.81. The Morgan fingerprint density at radius 2 is 2.05 bits per heavy atom. The molecule has 1 aromatic carbocycles. The Bertz CT molecular complexity index is 653. The highest BCUT2D eigenvalue weighted by Crippen LogP contribution is 2.25. The number of rotatable bonds is 5. The summed E-state index contributed by atoms with van der Waals surface area (Å²) >= 11 is 0. The number of aromatic nitrogens is 3. The smallest absolute Gasteiger partial charge is 0.246 e. The molecule has 0 spiro atoms. The minimum absolute atomic E-state index is 0.106. The van der Waals surface area contributed by atoms with E-state index in [1.165, 1.54) is 0 Å². The van der Waals surface area contributed by atoms with E-state index in [1.54, 1.807) is 12.0 Å². The topological polar surface area (TPSA) is 60.3 Å². The summed E-state index contributed by atoms with van der Waals surface area (Å²) < 4.78 is 7.13. The SMILES string of the molecule is COCCc1nnc2n1[C@@H](Cc1ccccc1)C(=O)N(C)C2. The van der Waals surface area contributed by atoms with Crippen LogP contribution >= 0.6 is 0 Å². The van der Waals surface area contributed by atoms with Gasteiger partial charge < -0.3 is 14.2 Å². The van der Waals surface area contributed by atoms with Gasteiger partial charge in [-0.25, -0.2) is 0 Å². The molecule has 0 radical (unpaired) electrons. The molecule has 0 bridgehead atoms. The van der Waals surface area contributed by atoms with Crippen molar-refractivity contribution >= 4 is 5.91 Å². The van der Waals surface area contributed by atoms with Gasteiger partial charge in [0.05, 0.1) is 13.2 Å². The number of carbonyl (C=O) groups is 1. The predicted octanol–water partition coefficient (Wildman–Crippen LogP) is 1.22. The lowest BCUT2D eigenvalue weighted by molar-refractivity contribution is -0.136. The van der Waals surface area contributed by atoms with Crippen LogP contribution in [0.4, 0.5) is 0 Å². The average Bonchev–Trinajstić information content (AvgIpc) is 2.93. The molecule has 1 atom stereocenters. The number of fused-ring (bicyclic) bond motifs is 1. The van der Waals surface area contributed by atoms with Crippen molar-refractivity contribution in [3.05, 3.63) is 47.5 Å². The van der Waals surface area contributed by atoms with Crippen LogP contribution in [0.1, 0.15) is 23.3 Å². The Morgan fingerprint density at radius 1 is 1.27 bits per heavy atom. The summed E-state index contributed by atoms with van der Waals surface area (Å²) in [5, 5.41) is 8.50. The quantitative estimate of drug-likeness (QED) is 0.833. The van der Waals surface area contributed by atoms with Crippen molar-refractivity contribution in [2.75, 3.05) is 20.8 Å². The van der Waals surface area contributed by atoms with Crippen molar-refractivity contribution in [1.82, 2.24) is 19.7 Å². The summed E-state index contributed by atoms with van der Waals surface area (Å²) in [5.74, 6) is 1.77.